The first-order valence-corrected chi connectivity index (χ1v) is 5.86. The molecule has 2 N–H and O–H groups in total. The maximum Gasteiger partial charge on any atom is 0.245 e. The fourth-order valence-electron chi connectivity index (χ4n) is 1.36. The van der Waals surface area contributed by atoms with E-state index < -0.39 is 0 Å². The molecule has 0 bridgehead atoms. The summed E-state index contributed by atoms with van der Waals surface area (Å²) in [5.74, 6) is -0.0813. The number of carbonyl (C=O) groups excluding carboxylic acids is 1. The molecule has 0 saturated heterocycles. The van der Waals surface area contributed by atoms with E-state index in [9.17, 15) is 4.79 Å². The predicted molar refractivity (Wildman–Crippen MR) is 67.7 cm³/mol. The van der Waals surface area contributed by atoms with E-state index in [4.69, 9.17) is 4.74 Å². The molecule has 1 aromatic rings. The quantitative estimate of drug-likeness (QED) is 0.660. The van der Waals surface area contributed by atoms with E-state index in [1.807, 2.05) is 18.2 Å². The van der Waals surface area contributed by atoms with Crippen molar-refractivity contribution in [3.05, 3.63) is 35.9 Å². The van der Waals surface area contributed by atoms with E-state index >= 15 is 0 Å². The van der Waals surface area contributed by atoms with Gasteiger partial charge in [-0.15, -0.1) is 0 Å². The number of benzene rings is 1. The van der Waals surface area contributed by atoms with Crippen LogP contribution in [0.25, 0.3) is 0 Å². The number of nitrogens with one attached hydrogen (secondary N) is 2. The minimum atomic E-state index is -0.0813. The first kappa shape index (κ1) is 13.7. The van der Waals surface area contributed by atoms with Gasteiger partial charge in [-0.2, -0.15) is 0 Å². The van der Waals surface area contributed by atoms with Gasteiger partial charge < -0.3 is 15.4 Å². The van der Waals surface area contributed by atoms with E-state index in [0.717, 1.165) is 19.5 Å². The highest BCUT2D eigenvalue weighted by Gasteiger charge is 1.96. The first-order valence-electron chi connectivity index (χ1n) is 5.86. The summed E-state index contributed by atoms with van der Waals surface area (Å²) in [6.07, 6.45) is 0.907. The van der Waals surface area contributed by atoms with E-state index in [-0.39, 0.29) is 12.5 Å². The van der Waals surface area contributed by atoms with Crippen LogP contribution >= 0.6 is 0 Å². The van der Waals surface area contributed by atoms with E-state index in [2.05, 4.69) is 22.8 Å². The van der Waals surface area contributed by atoms with Gasteiger partial charge in [-0.25, -0.2) is 0 Å². The molecule has 1 aromatic carbocycles. The summed E-state index contributed by atoms with van der Waals surface area (Å²) in [5, 5.41) is 5.83. The number of hydrogen-bond acceptors (Lipinski definition) is 3. The Morgan fingerprint density at radius 3 is 2.76 bits per heavy atom. The molecule has 0 saturated carbocycles. The number of amides is 1. The fourth-order valence-corrected chi connectivity index (χ4v) is 1.36. The highest BCUT2D eigenvalue weighted by molar-refractivity contribution is 5.76. The summed E-state index contributed by atoms with van der Waals surface area (Å²) in [5.41, 5.74) is 1.28. The number of ether oxygens (including phenoxy) is 1. The van der Waals surface area contributed by atoms with Crippen LogP contribution in [0.2, 0.25) is 0 Å². The van der Waals surface area contributed by atoms with Crippen LogP contribution in [0.4, 0.5) is 0 Å². The molecule has 0 atom stereocenters. The lowest BCUT2D eigenvalue weighted by Gasteiger charge is -2.05. The normalized spacial score (nSPS) is 10.2. The molecule has 0 spiro atoms. The van der Waals surface area contributed by atoms with Crippen molar-refractivity contribution < 1.29 is 9.53 Å². The van der Waals surface area contributed by atoms with E-state index in [1.165, 1.54) is 5.56 Å². The van der Waals surface area contributed by atoms with Gasteiger partial charge >= 0.3 is 0 Å². The molecule has 0 aromatic heterocycles. The molecule has 0 aliphatic rings. The second kappa shape index (κ2) is 8.73. The monoisotopic (exact) mass is 236 g/mol. The Kier molecular flexibility index (Phi) is 7.02. The summed E-state index contributed by atoms with van der Waals surface area (Å²) in [4.78, 5) is 10.8. The SMILES string of the molecule is CNC(=O)COCCCNCc1ccccc1. The van der Waals surface area contributed by atoms with Crippen LogP contribution in [-0.4, -0.2) is 32.7 Å². The van der Waals surface area contributed by atoms with E-state index in [1.54, 1.807) is 7.05 Å². The van der Waals surface area contributed by atoms with Gasteiger partial charge in [-0.05, 0) is 18.5 Å². The van der Waals surface area contributed by atoms with Gasteiger partial charge in [0.1, 0.15) is 6.61 Å². The van der Waals surface area contributed by atoms with Crippen molar-refractivity contribution in [1.82, 2.24) is 10.6 Å². The molecule has 4 heteroatoms. The van der Waals surface area contributed by atoms with E-state index in [0.29, 0.717) is 6.61 Å². The van der Waals surface area contributed by atoms with Gasteiger partial charge in [0.25, 0.3) is 0 Å². The van der Waals surface area contributed by atoms with Crippen molar-refractivity contribution in [2.24, 2.45) is 0 Å². The Hall–Kier alpha value is -1.39. The summed E-state index contributed by atoms with van der Waals surface area (Å²) >= 11 is 0. The zero-order chi connectivity index (χ0) is 12.3. The lowest BCUT2D eigenvalue weighted by Crippen LogP contribution is -2.24. The Morgan fingerprint density at radius 1 is 1.29 bits per heavy atom. The van der Waals surface area contributed by atoms with Gasteiger partial charge in [0.15, 0.2) is 0 Å². The third-order valence-corrected chi connectivity index (χ3v) is 2.33. The molecular weight excluding hydrogens is 216 g/mol. The molecule has 1 rings (SSSR count). The van der Waals surface area contributed by atoms with Gasteiger partial charge in [0.2, 0.25) is 5.91 Å². The average Bonchev–Trinajstić information content (AvgIpc) is 2.38. The van der Waals surface area contributed by atoms with Crippen molar-refractivity contribution in [1.29, 1.82) is 0 Å². The van der Waals surface area contributed by atoms with Gasteiger partial charge in [-0.3, -0.25) is 4.79 Å². The second-order valence-corrected chi connectivity index (χ2v) is 3.74. The predicted octanol–water partition coefficient (Wildman–Crippen LogP) is 0.929. The van der Waals surface area contributed by atoms with Crippen LogP contribution in [0.3, 0.4) is 0 Å². The number of rotatable bonds is 8. The first-order chi connectivity index (χ1) is 8.33. The average molecular weight is 236 g/mol. The largest absolute Gasteiger partial charge is 0.372 e. The lowest BCUT2D eigenvalue weighted by atomic mass is 10.2. The summed E-state index contributed by atoms with van der Waals surface area (Å²) in [6.45, 7) is 2.52. The third-order valence-electron chi connectivity index (χ3n) is 2.33. The van der Waals surface area contributed by atoms with Crippen molar-refractivity contribution in [2.75, 3.05) is 26.8 Å². The molecule has 17 heavy (non-hydrogen) atoms. The Bertz CT molecular complexity index is 314. The molecule has 4 nitrogen and oxygen atoms in total. The van der Waals surface area contributed by atoms with Crippen LogP contribution < -0.4 is 10.6 Å². The molecule has 0 unspecified atom stereocenters. The minimum Gasteiger partial charge on any atom is -0.372 e. The molecule has 0 aliphatic carbocycles. The standard InChI is InChI=1S/C13H20N2O2/c1-14-13(16)11-17-9-5-8-15-10-12-6-3-2-4-7-12/h2-4,6-7,15H,5,8-11H2,1H3,(H,14,16). The maximum atomic E-state index is 10.8. The fraction of sp³-hybridized carbons (Fsp3) is 0.462. The summed E-state index contributed by atoms with van der Waals surface area (Å²) < 4.78 is 5.19. The highest BCUT2D eigenvalue weighted by atomic mass is 16.5. The van der Waals surface area contributed by atoms with Crippen LogP contribution in [0.5, 0.6) is 0 Å². The highest BCUT2D eigenvalue weighted by Crippen LogP contribution is 1.96. The van der Waals surface area contributed by atoms with Crippen LogP contribution in [0.1, 0.15) is 12.0 Å². The molecule has 0 radical (unpaired) electrons. The van der Waals surface area contributed by atoms with Crippen molar-refractivity contribution in [3.8, 4) is 0 Å². The molecular formula is C13H20N2O2. The van der Waals surface area contributed by atoms with Crippen molar-refractivity contribution >= 4 is 5.91 Å². The lowest BCUT2D eigenvalue weighted by molar-refractivity contribution is -0.125. The molecule has 1 amide bonds. The Labute approximate surface area is 102 Å². The molecule has 0 aliphatic heterocycles. The molecule has 94 valence electrons. The van der Waals surface area contributed by atoms with Crippen LogP contribution in [-0.2, 0) is 16.1 Å². The smallest absolute Gasteiger partial charge is 0.245 e. The molecule has 0 fully saturated rings. The summed E-state index contributed by atoms with van der Waals surface area (Å²) in [7, 11) is 1.60. The molecule has 0 heterocycles. The van der Waals surface area contributed by atoms with Crippen LogP contribution in [0, 0.1) is 0 Å². The zero-order valence-corrected chi connectivity index (χ0v) is 10.2. The Morgan fingerprint density at radius 2 is 2.06 bits per heavy atom. The van der Waals surface area contributed by atoms with Gasteiger partial charge in [-0.1, -0.05) is 30.3 Å². The maximum absolute atomic E-state index is 10.8. The van der Waals surface area contributed by atoms with Gasteiger partial charge in [0, 0.05) is 20.2 Å². The number of likely N-dealkylation sites (N-methyl/N-ethyl adjacent to an activating group) is 1. The zero-order valence-electron chi connectivity index (χ0n) is 10.2. The summed E-state index contributed by atoms with van der Waals surface area (Å²) in [6, 6.07) is 10.3. The number of hydrogen-bond donors (Lipinski definition) is 2. The van der Waals surface area contributed by atoms with Crippen molar-refractivity contribution in [3.63, 3.8) is 0 Å². The minimum absolute atomic E-state index is 0.0813. The topological polar surface area (TPSA) is 50.4 Å². The number of carbonyl (C=O) groups is 1. The third kappa shape index (κ3) is 6.71. The second-order valence-electron chi connectivity index (χ2n) is 3.74. The Balaban J connectivity index is 1.93. The van der Waals surface area contributed by atoms with Crippen molar-refractivity contribution in [2.45, 2.75) is 13.0 Å². The van der Waals surface area contributed by atoms with Crippen LogP contribution in [0.15, 0.2) is 30.3 Å². The van der Waals surface area contributed by atoms with Gasteiger partial charge in [0.05, 0.1) is 0 Å².